The third-order valence-corrected chi connectivity index (χ3v) is 7.42. The minimum Gasteiger partial charge on any atom is -0.465 e. The third kappa shape index (κ3) is 26.4. The maximum atomic E-state index is 11.7. The Morgan fingerprint density at radius 1 is 0.744 bits per heavy atom. The number of likely N-dealkylation sites (tertiary alicyclic amines) is 1. The summed E-state index contributed by atoms with van der Waals surface area (Å²) in [5, 5.41) is 11.3. The first-order valence-electron chi connectivity index (χ1n) is 16.3. The second kappa shape index (κ2) is 27.9. The fourth-order valence-electron chi connectivity index (χ4n) is 4.93. The fourth-order valence-corrected chi connectivity index (χ4v) is 4.93. The van der Waals surface area contributed by atoms with Gasteiger partial charge in [-0.3, -0.25) is 9.59 Å². The zero-order valence-corrected chi connectivity index (χ0v) is 26.0. The number of nitrogens with zero attached hydrogens (tertiary/aromatic N) is 2. The second-order valence-corrected chi connectivity index (χ2v) is 11.6. The molecule has 230 valence electrons. The van der Waals surface area contributed by atoms with Crippen LogP contribution in [-0.2, 0) is 9.59 Å². The highest BCUT2D eigenvalue weighted by Gasteiger charge is 2.25. The Labute approximate surface area is 240 Å². The minimum atomic E-state index is -1.13. The molecular weight excluding hydrogens is 490 g/mol. The molecule has 0 unspecified atom stereocenters. The van der Waals surface area contributed by atoms with Gasteiger partial charge >= 0.3 is 6.09 Å². The number of imide groups is 1. The van der Waals surface area contributed by atoms with Gasteiger partial charge in [0.15, 0.2) is 0 Å². The van der Waals surface area contributed by atoms with E-state index >= 15 is 0 Å². The molecule has 3 amide bonds. The molecule has 2 N–H and O–H groups in total. The van der Waals surface area contributed by atoms with E-state index in [2.05, 4.69) is 31.2 Å². The maximum Gasteiger partial charge on any atom is 0.414 e. The summed E-state index contributed by atoms with van der Waals surface area (Å²) < 4.78 is 0. The van der Waals surface area contributed by atoms with Crippen molar-refractivity contribution in [2.75, 3.05) is 33.7 Å². The van der Waals surface area contributed by atoms with Gasteiger partial charge in [0, 0.05) is 25.9 Å². The molecule has 7 heteroatoms. The highest BCUT2D eigenvalue weighted by Crippen LogP contribution is 2.15. The Balaban J connectivity index is 0.00000134. The zero-order valence-electron chi connectivity index (χ0n) is 26.0. The Morgan fingerprint density at radius 3 is 1.51 bits per heavy atom. The molecule has 0 aliphatic carbocycles. The topological polar surface area (TPSA) is 89.9 Å². The Morgan fingerprint density at radius 2 is 1.18 bits per heavy atom. The van der Waals surface area contributed by atoms with Gasteiger partial charge in [-0.1, -0.05) is 122 Å². The molecule has 0 spiro atoms. The summed E-state index contributed by atoms with van der Waals surface area (Å²) in [5.74, 6) is -0.0387. The molecule has 0 saturated carbocycles. The Hall–Kier alpha value is -1.63. The van der Waals surface area contributed by atoms with Crippen LogP contribution in [0.25, 0.3) is 0 Å². The van der Waals surface area contributed by atoms with E-state index in [1.54, 1.807) is 0 Å². The molecule has 0 aromatic heterocycles. The zero-order chi connectivity index (χ0) is 29.0. The Bertz CT molecular complexity index is 598. The van der Waals surface area contributed by atoms with Gasteiger partial charge in [0.25, 0.3) is 0 Å². The van der Waals surface area contributed by atoms with Crippen LogP contribution in [0.5, 0.6) is 0 Å². The summed E-state index contributed by atoms with van der Waals surface area (Å²) in [7, 11) is 4.14. The first-order valence-corrected chi connectivity index (χ1v) is 16.3. The van der Waals surface area contributed by atoms with E-state index in [0.717, 1.165) is 30.8 Å². The van der Waals surface area contributed by atoms with Crippen molar-refractivity contribution in [3.63, 3.8) is 0 Å². The summed E-state index contributed by atoms with van der Waals surface area (Å²) in [5.41, 5.74) is 0. The molecule has 1 fully saturated rings. The van der Waals surface area contributed by atoms with Crippen LogP contribution in [0.3, 0.4) is 0 Å². The standard InChI is InChI=1S/C27H56N2O.C5H7NO3/c1-4-5-6-7-8-9-10-11-12-13-14-15-16-17-18-19-20-21-22-24-27(30)28-25-23-26-29(2)3;7-4-2-1-3-6(4)5(8)9/h4-26H2,1-3H3,(H,28,30);1-3H2,(H,8,9). The smallest absolute Gasteiger partial charge is 0.414 e. The van der Waals surface area contributed by atoms with Crippen LogP contribution in [-0.4, -0.2) is 66.5 Å². The molecule has 1 rings (SSSR count). The van der Waals surface area contributed by atoms with E-state index in [1.165, 1.54) is 116 Å². The first kappa shape index (κ1) is 37.4. The lowest BCUT2D eigenvalue weighted by Crippen LogP contribution is -2.29. The normalized spacial score (nSPS) is 13.0. The van der Waals surface area contributed by atoms with E-state index < -0.39 is 6.09 Å². The van der Waals surface area contributed by atoms with Crippen LogP contribution >= 0.6 is 0 Å². The molecular formula is C32H63N3O4. The predicted octanol–water partition coefficient (Wildman–Crippen LogP) is 8.16. The highest BCUT2D eigenvalue weighted by molar-refractivity contribution is 5.92. The van der Waals surface area contributed by atoms with E-state index in [1.807, 2.05) is 0 Å². The number of hydrogen-bond donors (Lipinski definition) is 2. The molecule has 0 radical (unpaired) electrons. The Kier molecular flexibility index (Phi) is 26.8. The average Bonchev–Trinajstić information content (AvgIpc) is 3.34. The van der Waals surface area contributed by atoms with E-state index in [9.17, 15) is 14.4 Å². The minimum absolute atomic E-state index is 0.237. The van der Waals surface area contributed by atoms with Gasteiger partial charge in [0.2, 0.25) is 11.8 Å². The van der Waals surface area contributed by atoms with Crippen molar-refractivity contribution in [2.24, 2.45) is 0 Å². The van der Waals surface area contributed by atoms with Crippen molar-refractivity contribution in [3.05, 3.63) is 0 Å². The number of nitrogens with one attached hydrogen (secondary N) is 1. The van der Waals surface area contributed by atoms with Crippen LogP contribution in [0.4, 0.5) is 4.79 Å². The predicted molar refractivity (Wildman–Crippen MR) is 163 cm³/mol. The van der Waals surface area contributed by atoms with Gasteiger partial charge in [-0.25, -0.2) is 9.69 Å². The summed E-state index contributed by atoms with van der Waals surface area (Å²) in [6, 6.07) is 0. The molecule has 7 nitrogen and oxygen atoms in total. The van der Waals surface area contributed by atoms with Crippen LogP contribution in [0, 0.1) is 0 Å². The number of rotatable bonds is 24. The van der Waals surface area contributed by atoms with Gasteiger partial charge < -0.3 is 15.3 Å². The van der Waals surface area contributed by atoms with Crippen LogP contribution in [0.1, 0.15) is 155 Å². The largest absolute Gasteiger partial charge is 0.465 e. The number of carboxylic acid groups (broad SMARTS) is 1. The summed E-state index contributed by atoms with van der Waals surface area (Å²) >= 11 is 0. The lowest BCUT2D eigenvalue weighted by molar-refractivity contribution is -0.126. The van der Waals surface area contributed by atoms with Crippen LogP contribution < -0.4 is 5.32 Å². The summed E-state index contributed by atoms with van der Waals surface area (Å²) in [6.45, 7) is 4.52. The molecule has 0 aromatic rings. The molecule has 1 aliphatic rings. The molecule has 0 atom stereocenters. The van der Waals surface area contributed by atoms with Crippen molar-refractivity contribution >= 4 is 17.9 Å². The van der Waals surface area contributed by atoms with E-state index in [-0.39, 0.29) is 11.8 Å². The quantitative estimate of drug-likeness (QED) is 0.118. The second-order valence-electron chi connectivity index (χ2n) is 11.6. The van der Waals surface area contributed by atoms with Gasteiger partial charge in [-0.15, -0.1) is 0 Å². The summed E-state index contributed by atoms with van der Waals surface area (Å²) in [6.07, 6.45) is 28.1. The molecule has 39 heavy (non-hydrogen) atoms. The molecule has 1 aliphatic heterocycles. The van der Waals surface area contributed by atoms with Crippen molar-refractivity contribution < 1.29 is 19.5 Å². The summed E-state index contributed by atoms with van der Waals surface area (Å²) in [4.78, 5) is 35.4. The van der Waals surface area contributed by atoms with Gasteiger partial charge in [-0.2, -0.15) is 0 Å². The van der Waals surface area contributed by atoms with Gasteiger partial charge in [0.1, 0.15) is 0 Å². The highest BCUT2D eigenvalue weighted by atomic mass is 16.4. The number of carbonyl (C=O) groups excluding carboxylic acids is 2. The number of amides is 3. The van der Waals surface area contributed by atoms with Crippen molar-refractivity contribution in [2.45, 2.75) is 155 Å². The van der Waals surface area contributed by atoms with Crippen molar-refractivity contribution in [1.82, 2.24) is 15.1 Å². The van der Waals surface area contributed by atoms with E-state index in [4.69, 9.17) is 5.11 Å². The van der Waals surface area contributed by atoms with Crippen LogP contribution in [0.15, 0.2) is 0 Å². The third-order valence-electron chi connectivity index (χ3n) is 7.42. The molecule has 0 aromatic carbocycles. The lowest BCUT2D eigenvalue weighted by Gasteiger charge is -2.09. The average molecular weight is 554 g/mol. The van der Waals surface area contributed by atoms with E-state index in [0.29, 0.717) is 25.8 Å². The molecule has 0 bridgehead atoms. The lowest BCUT2D eigenvalue weighted by atomic mass is 10.0. The SMILES string of the molecule is CCCCCCCCCCCCCCCCCCCCCC(=O)NCCCN(C)C.O=C(O)N1CCCC1=O. The van der Waals surface area contributed by atoms with Crippen LogP contribution in [0.2, 0.25) is 0 Å². The van der Waals surface area contributed by atoms with Crippen molar-refractivity contribution in [1.29, 1.82) is 0 Å². The number of unbranched alkanes of at least 4 members (excludes halogenated alkanes) is 18. The molecule has 1 heterocycles. The fraction of sp³-hybridized carbons (Fsp3) is 0.906. The number of hydrogen-bond acceptors (Lipinski definition) is 4. The van der Waals surface area contributed by atoms with Gasteiger partial charge in [-0.05, 0) is 39.9 Å². The van der Waals surface area contributed by atoms with Gasteiger partial charge in [0.05, 0.1) is 0 Å². The maximum absolute atomic E-state index is 11.7. The monoisotopic (exact) mass is 553 g/mol. The number of carbonyl (C=O) groups is 3. The first-order chi connectivity index (χ1) is 18.9. The van der Waals surface area contributed by atoms with Crippen molar-refractivity contribution in [3.8, 4) is 0 Å². The molecule has 1 saturated heterocycles.